The summed E-state index contributed by atoms with van der Waals surface area (Å²) in [5.74, 6) is -0.0728. The van der Waals surface area contributed by atoms with Gasteiger partial charge in [-0.3, -0.25) is 9.59 Å². The second-order valence-corrected chi connectivity index (χ2v) is 8.73. The Bertz CT molecular complexity index is 914. The van der Waals surface area contributed by atoms with E-state index in [1.165, 1.54) is 4.90 Å². The third kappa shape index (κ3) is 7.03. The number of hydrogen-bond acceptors (Lipinski definition) is 3. The molecule has 2 rings (SSSR count). The molecule has 0 bridgehead atoms. The number of amides is 2. The van der Waals surface area contributed by atoms with Crippen LogP contribution >= 0.6 is 34.8 Å². The van der Waals surface area contributed by atoms with E-state index in [-0.39, 0.29) is 31.0 Å². The molecule has 0 heterocycles. The van der Waals surface area contributed by atoms with Crippen molar-refractivity contribution in [1.29, 1.82) is 0 Å². The second kappa shape index (κ2) is 11.6. The molecule has 0 aliphatic carbocycles. The van der Waals surface area contributed by atoms with Crippen LogP contribution in [0.15, 0.2) is 36.4 Å². The van der Waals surface area contributed by atoms with E-state index in [0.717, 1.165) is 5.56 Å². The van der Waals surface area contributed by atoms with Gasteiger partial charge in [0.25, 0.3) is 5.91 Å². The Morgan fingerprint density at radius 2 is 1.71 bits per heavy atom. The van der Waals surface area contributed by atoms with Crippen molar-refractivity contribution in [2.24, 2.45) is 0 Å². The number of benzene rings is 2. The maximum absolute atomic E-state index is 13.2. The van der Waals surface area contributed by atoms with E-state index in [0.29, 0.717) is 32.8 Å². The lowest BCUT2D eigenvalue weighted by Gasteiger charge is -2.31. The van der Waals surface area contributed by atoms with Crippen LogP contribution in [-0.2, 0) is 16.1 Å². The summed E-state index contributed by atoms with van der Waals surface area (Å²) in [6.07, 6.45) is 0.423. The van der Waals surface area contributed by atoms with Crippen LogP contribution in [0, 0.1) is 6.92 Å². The Morgan fingerprint density at radius 3 is 2.26 bits per heavy atom. The minimum atomic E-state index is -0.696. The van der Waals surface area contributed by atoms with Crippen molar-refractivity contribution in [2.75, 3.05) is 6.61 Å². The molecular formula is C23H27Cl3N2O3. The number of hydrogen-bond donors (Lipinski definition) is 1. The van der Waals surface area contributed by atoms with Gasteiger partial charge in [-0.15, -0.1) is 0 Å². The molecule has 2 aromatic carbocycles. The molecule has 0 radical (unpaired) electrons. The zero-order valence-corrected chi connectivity index (χ0v) is 20.3. The second-order valence-electron chi connectivity index (χ2n) is 7.51. The van der Waals surface area contributed by atoms with Gasteiger partial charge in [-0.1, -0.05) is 47.8 Å². The van der Waals surface area contributed by atoms with Crippen molar-refractivity contribution < 1.29 is 14.3 Å². The fraction of sp³-hybridized carbons (Fsp3) is 0.391. The third-order valence-corrected chi connectivity index (χ3v) is 5.83. The van der Waals surface area contributed by atoms with Crippen molar-refractivity contribution in [3.63, 3.8) is 0 Å². The number of nitrogens with zero attached hydrogens (tertiary/aromatic N) is 1. The van der Waals surface area contributed by atoms with E-state index in [9.17, 15) is 9.59 Å². The van der Waals surface area contributed by atoms with E-state index in [1.807, 2.05) is 27.7 Å². The topological polar surface area (TPSA) is 58.6 Å². The standard InChI is InChI=1S/C23H27Cl3N2O3/c1-5-21(23(30)27-14(2)3)28(12-17-19(25)7-6-8-20(17)26)22(29)13-31-16-9-10-18(24)15(4)11-16/h6-11,14,21H,5,12-13H2,1-4H3,(H,27,30)/t21-/m1/s1. The smallest absolute Gasteiger partial charge is 0.261 e. The zero-order valence-electron chi connectivity index (χ0n) is 18.0. The lowest BCUT2D eigenvalue weighted by atomic mass is 10.1. The molecule has 0 saturated carbocycles. The average molecular weight is 486 g/mol. The lowest BCUT2D eigenvalue weighted by Crippen LogP contribution is -2.51. The molecule has 2 aromatic rings. The van der Waals surface area contributed by atoms with Crippen molar-refractivity contribution in [3.8, 4) is 5.75 Å². The highest BCUT2D eigenvalue weighted by Gasteiger charge is 2.30. The van der Waals surface area contributed by atoms with Gasteiger partial charge in [0, 0.05) is 33.2 Å². The van der Waals surface area contributed by atoms with E-state index in [2.05, 4.69) is 5.32 Å². The molecule has 2 amide bonds. The molecule has 0 aliphatic heterocycles. The van der Waals surface area contributed by atoms with Gasteiger partial charge in [-0.2, -0.15) is 0 Å². The molecule has 168 valence electrons. The Kier molecular flexibility index (Phi) is 9.48. The van der Waals surface area contributed by atoms with E-state index < -0.39 is 6.04 Å². The summed E-state index contributed by atoms with van der Waals surface area (Å²) < 4.78 is 5.69. The third-order valence-electron chi connectivity index (χ3n) is 4.70. The van der Waals surface area contributed by atoms with Crippen LogP contribution in [-0.4, -0.2) is 35.4 Å². The van der Waals surface area contributed by atoms with Gasteiger partial charge in [-0.05, 0) is 63.1 Å². The largest absolute Gasteiger partial charge is 0.484 e. The van der Waals surface area contributed by atoms with Crippen LogP contribution in [0.2, 0.25) is 15.1 Å². The van der Waals surface area contributed by atoms with Crippen LogP contribution in [0.1, 0.15) is 38.3 Å². The summed E-state index contributed by atoms with van der Waals surface area (Å²) >= 11 is 18.7. The first-order valence-electron chi connectivity index (χ1n) is 10.1. The van der Waals surface area contributed by atoms with Crippen molar-refractivity contribution in [2.45, 2.75) is 52.7 Å². The molecule has 0 spiro atoms. The van der Waals surface area contributed by atoms with Gasteiger partial charge in [0.2, 0.25) is 5.91 Å². The molecule has 1 atom stereocenters. The van der Waals surface area contributed by atoms with Crippen LogP contribution < -0.4 is 10.1 Å². The lowest BCUT2D eigenvalue weighted by molar-refractivity contribution is -0.143. The van der Waals surface area contributed by atoms with Crippen molar-refractivity contribution in [3.05, 3.63) is 62.6 Å². The molecule has 0 fully saturated rings. The number of nitrogens with one attached hydrogen (secondary N) is 1. The van der Waals surface area contributed by atoms with Crippen LogP contribution in [0.5, 0.6) is 5.75 Å². The summed E-state index contributed by atoms with van der Waals surface area (Å²) in [6, 6.07) is 9.54. The Balaban J connectivity index is 2.29. The van der Waals surface area contributed by atoms with E-state index in [4.69, 9.17) is 39.5 Å². The van der Waals surface area contributed by atoms with Gasteiger partial charge in [-0.25, -0.2) is 0 Å². The Labute approximate surface area is 198 Å². The molecule has 1 N–H and O–H groups in total. The number of halogens is 3. The Morgan fingerprint density at radius 1 is 1.06 bits per heavy atom. The van der Waals surface area contributed by atoms with Gasteiger partial charge in [0.1, 0.15) is 11.8 Å². The van der Waals surface area contributed by atoms with E-state index in [1.54, 1.807) is 36.4 Å². The van der Waals surface area contributed by atoms with Gasteiger partial charge >= 0.3 is 0 Å². The summed E-state index contributed by atoms with van der Waals surface area (Å²) in [7, 11) is 0. The number of carbonyl (C=O) groups is 2. The van der Waals surface area contributed by atoms with E-state index >= 15 is 0 Å². The SMILES string of the molecule is CC[C@H](C(=O)NC(C)C)N(Cc1c(Cl)cccc1Cl)C(=O)COc1ccc(Cl)c(C)c1. The summed E-state index contributed by atoms with van der Waals surface area (Å²) in [5.41, 5.74) is 1.42. The summed E-state index contributed by atoms with van der Waals surface area (Å²) in [4.78, 5) is 27.5. The number of aryl methyl sites for hydroxylation is 1. The zero-order chi connectivity index (χ0) is 23.1. The Hall–Kier alpha value is -1.95. The first kappa shape index (κ1) is 25.3. The molecule has 0 unspecified atom stereocenters. The average Bonchev–Trinajstić information content (AvgIpc) is 2.70. The van der Waals surface area contributed by atoms with Gasteiger partial charge in [0.15, 0.2) is 6.61 Å². The van der Waals surface area contributed by atoms with Crippen LogP contribution in [0.4, 0.5) is 0 Å². The number of rotatable bonds is 9. The van der Waals surface area contributed by atoms with Crippen LogP contribution in [0.25, 0.3) is 0 Å². The molecular weight excluding hydrogens is 459 g/mol. The van der Waals surface area contributed by atoms with Gasteiger partial charge < -0.3 is 15.0 Å². The molecule has 8 heteroatoms. The van der Waals surface area contributed by atoms with Crippen LogP contribution in [0.3, 0.4) is 0 Å². The molecule has 31 heavy (non-hydrogen) atoms. The first-order chi connectivity index (χ1) is 14.6. The quantitative estimate of drug-likeness (QED) is 0.498. The molecule has 0 aromatic heterocycles. The fourth-order valence-corrected chi connectivity index (χ4v) is 3.72. The minimum Gasteiger partial charge on any atom is -0.484 e. The maximum atomic E-state index is 13.2. The fourth-order valence-electron chi connectivity index (χ4n) is 3.09. The molecule has 5 nitrogen and oxygen atoms in total. The highest BCUT2D eigenvalue weighted by Crippen LogP contribution is 2.27. The maximum Gasteiger partial charge on any atom is 0.261 e. The van der Waals surface area contributed by atoms with Crippen molar-refractivity contribution >= 4 is 46.6 Å². The predicted octanol–water partition coefficient (Wildman–Crippen LogP) is 5.67. The summed E-state index contributed by atoms with van der Waals surface area (Å²) in [6.45, 7) is 7.29. The van der Waals surface area contributed by atoms with Gasteiger partial charge in [0.05, 0.1) is 0 Å². The highest BCUT2D eigenvalue weighted by atomic mass is 35.5. The monoisotopic (exact) mass is 484 g/mol. The minimum absolute atomic E-state index is 0.0595. The highest BCUT2D eigenvalue weighted by molar-refractivity contribution is 6.36. The predicted molar refractivity (Wildman–Crippen MR) is 126 cm³/mol. The molecule has 0 saturated heterocycles. The first-order valence-corrected chi connectivity index (χ1v) is 11.2. The summed E-state index contributed by atoms with van der Waals surface area (Å²) in [5, 5.41) is 4.35. The molecule has 0 aliphatic rings. The van der Waals surface area contributed by atoms with Crippen molar-refractivity contribution in [1.82, 2.24) is 10.2 Å². The number of ether oxygens (including phenoxy) is 1. The normalized spacial score (nSPS) is 11.9. The number of carbonyl (C=O) groups excluding carboxylic acids is 2.